The maximum Gasteiger partial charge on any atom is 0.223 e. The first-order valence-corrected chi connectivity index (χ1v) is 11.0. The highest BCUT2D eigenvalue weighted by atomic mass is 16.5. The summed E-state index contributed by atoms with van der Waals surface area (Å²) in [6.07, 6.45) is 6.82. The molecule has 1 amide bonds. The lowest BCUT2D eigenvalue weighted by molar-refractivity contribution is -0.133. The largest absolute Gasteiger partial charge is 0.493 e. The molecule has 29 heavy (non-hydrogen) atoms. The van der Waals surface area contributed by atoms with Gasteiger partial charge in [-0.3, -0.25) is 9.89 Å². The van der Waals surface area contributed by atoms with Gasteiger partial charge in [-0.2, -0.15) is 5.10 Å². The van der Waals surface area contributed by atoms with Gasteiger partial charge in [-0.05, 0) is 70.6 Å². The van der Waals surface area contributed by atoms with E-state index in [2.05, 4.69) is 54.1 Å². The second kappa shape index (κ2) is 9.95. The first-order valence-electron chi connectivity index (χ1n) is 11.0. The first-order chi connectivity index (χ1) is 14.0. The van der Waals surface area contributed by atoms with Gasteiger partial charge in [-0.1, -0.05) is 25.0 Å². The van der Waals surface area contributed by atoms with Crippen LogP contribution in [-0.2, 0) is 4.79 Å². The highest BCUT2D eigenvalue weighted by Crippen LogP contribution is 2.33. The van der Waals surface area contributed by atoms with Gasteiger partial charge in [0.1, 0.15) is 5.75 Å². The van der Waals surface area contributed by atoms with Crippen LogP contribution in [0.5, 0.6) is 5.75 Å². The van der Waals surface area contributed by atoms with E-state index in [4.69, 9.17) is 4.74 Å². The third-order valence-corrected chi connectivity index (χ3v) is 5.98. The normalized spacial score (nSPS) is 17.2. The van der Waals surface area contributed by atoms with Crippen LogP contribution in [0.3, 0.4) is 0 Å². The van der Waals surface area contributed by atoms with Crippen LogP contribution < -0.4 is 4.74 Å². The lowest BCUT2D eigenvalue weighted by atomic mass is 9.98. The average molecular weight is 398 g/mol. The van der Waals surface area contributed by atoms with E-state index >= 15 is 0 Å². The number of hydrogen-bond donors (Lipinski definition) is 1. The van der Waals surface area contributed by atoms with Crippen LogP contribution >= 0.6 is 0 Å². The Morgan fingerprint density at radius 2 is 2.00 bits per heavy atom. The molecule has 1 atom stereocenters. The van der Waals surface area contributed by atoms with Crippen LogP contribution in [0.1, 0.15) is 79.1 Å². The molecule has 1 aromatic heterocycles. The minimum absolute atomic E-state index is 0.162. The van der Waals surface area contributed by atoms with Crippen molar-refractivity contribution in [3.05, 3.63) is 46.3 Å². The van der Waals surface area contributed by atoms with Crippen LogP contribution in [0.15, 0.2) is 18.2 Å². The van der Waals surface area contributed by atoms with E-state index in [0.29, 0.717) is 13.0 Å². The number of amides is 1. The zero-order valence-corrected chi connectivity index (χ0v) is 18.4. The second-order valence-corrected chi connectivity index (χ2v) is 8.37. The molecule has 2 heterocycles. The summed E-state index contributed by atoms with van der Waals surface area (Å²) < 4.78 is 5.94. The molecule has 158 valence electrons. The van der Waals surface area contributed by atoms with Crippen molar-refractivity contribution in [2.75, 3.05) is 13.2 Å². The number of rotatable bonds is 7. The Balaban J connectivity index is 1.53. The third kappa shape index (κ3) is 5.40. The minimum atomic E-state index is 0.162. The number of unbranched alkanes of at least 4 members (excludes halogenated alkanes) is 1. The smallest absolute Gasteiger partial charge is 0.223 e. The Labute approximate surface area is 174 Å². The zero-order chi connectivity index (χ0) is 20.8. The fourth-order valence-corrected chi connectivity index (χ4v) is 4.32. The van der Waals surface area contributed by atoms with E-state index in [9.17, 15) is 4.79 Å². The summed E-state index contributed by atoms with van der Waals surface area (Å²) in [5.74, 6) is 1.22. The van der Waals surface area contributed by atoms with Crippen molar-refractivity contribution in [3.63, 3.8) is 0 Å². The summed E-state index contributed by atoms with van der Waals surface area (Å²) in [4.78, 5) is 15.2. The molecule has 1 aromatic carbocycles. The van der Waals surface area contributed by atoms with Crippen LogP contribution in [-0.4, -0.2) is 34.2 Å². The second-order valence-electron chi connectivity index (χ2n) is 8.37. The molecule has 0 radical (unpaired) electrons. The van der Waals surface area contributed by atoms with E-state index in [1.165, 1.54) is 24.0 Å². The molecule has 0 bridgehead atoms. The maximum atomic E-state index is 13.1. The molecule has 1 aliphatic heterocycles. The van der Waals surface area contributed by atoms with Gasteiger partial charge in [0.25, 0.3) is 0 Å². The van der Waals surface area contributed by atoms with Crippen LogP contribution in [0.2, 0.25) is 0 Å². The number of hydrogen-bond acceptors (Lipinski definition) is 3. The molecule has 0 spiro atoms. The zero-order valence-electron chi connectivity index (χ0n) is 18.4. The first kappa shape index (κ1) is 21.4. The predicted octanol–water partition coefficient (Wildman–Crippen LogP) is 5.34. The van der Waals surface area contributed by atoms with Gasteiger partial charge in [0.15, 0.2) is 0 Å². The molecule has 0 saturated carbocycles. The van der Waals surface area contributed by atoms with Crippen molar-refractivity contribution in [1.82, 2.24) is 15.1 Å². The number of carbonyl (C=O) groups excluding carboxylic acids is 1. The molecule has 0 aliphatic carbocycles. The fourth-order valence-electron chi connectivity index (χ4n) is 4.32. The Morgan fingerprint density at radius 3 is 2.76 bits per heavy atom. The number of benzene rings is 1. The quantitative estimate of drug-likeness (QED) is 0.642. The van der Waals surface area contributed by atoms with E-state index in [1.807, 2.05) is 6.92 Å². The summed E-state index contributed by atoms with van der Waals surface area (Å²) in [6.45, 7) is 9.75. The lowest BCUT2D eigenvalue weighted by Gasteiger charge is -2.31. The summed E-state index contributed by atoms with van der Waals surface area (Å²) in [5.41, 5.74) is 5.70. The van der Waals surface area contributed by atoms with Gasteiger partial charge in [-0.25, -0.2) is 0 Å². The SMILES string of the molecule is Cc1ccc(C)c(OCCCCC(=O)N2CCCCC[C@H]2c2c(C)n[nH]c2C)c1. The number of H-pyrrole nitrogens is 1. The molecule has 1 saturated heterocycles. The molecule has 1 aliphatic rings. The fraction of sp³-hybridized carbons (Fsp3) is 0.583. The Hall–Kier alpha value is -2.30. The maximum absolute atomic E-state index is 13.1. The molecule has 3 rings (SSSR count). The van der Waals surface area contributed by atoms with Crippen molar-refractivity contribution in [2.45, 2.75) is 78.7 Å². The van der Waals surface area contributed by atoms with Crippen molar-refractivity contribution in [3.8, 4) is 5.75 Å². The van der Waals surface area contributed by atoms with Crippen molar-refractivity contribution >= 4 is 5.91 Å². The standard InChI is InChI=1S/C24H35N3O2/c1-17-12-13-18(2)22(16-17)29-15-9-7-11-23(28)27-14-8-5-6-10-21(27)24-19(3)25-26-20(24)4/h12-13,16,21H,5-11,14-15H2,1-4H3,(H,25,26)/t21-/m0/s1. The summed E-state index contributed by atoms with van der Waals surface area (Å²) in [5, 5.41) is 7.46. The van der Waals surface area contributed by atoms with E-state index in [-0.39, 0.29) is 11.9 Å². The Morgan fingerprint density at radius 1 is 1.17 bits per heavy atom. The molecule has 1 N–H and O–H groups in total. The van der Waals surface area contributed by atoms with Gasteiger partial charge in [0.05, 0.1) is 18.3 Å². The van der Waals surface area contributed by atoms with Crippen LogP contribution in [0.4, 0.5) is 0 Å². The van der Waals surface area contributed by atoms with E-state index in [1.54, 1.807) is 0 Å². The summed E-state index contributed by atoms with van der Waals surface area (Å²) >= 11 is 0. The third-order valence-electron chi connectivity index (χ3n) is 5.98. The number of aromatic nitrogens is 2. The topological polar surface area (TPSA) is 58.2 Å². The Bertz CT molecular complexity index is 808. The van der Waals surface area contributed by atoms with Gasteiger partial charge in [-0.15, -0.1) is 0 Å². The van der Waals surface area contributed by atoms with Gasteiger partial charge >= 0.3 is 0 Å². The highest BCUT2D eigenvalue weighted by Gasteiger charge is 2.29. The minimum Gasteiger partial charge on any atom is -0.493 e. The van der Waals surface area contributed by atoms with Gasteiger partial charge in [0.2, 0.25) is 5.91 Å². The molecular formula is C24H35N3O2. The number of aryl methyl sites for hydroxylation is 4. The monoisotopic (exact) mass is 397 g/mol. The number of nitrogens with zero attached hydrogens (tertiary/aromatic N) is 2. The van der Waals surface area contributed by atoms with E-state index in [0.717, 1.165) is 54.9 Å². The van der Waals surface area contributed by atoms with Crippen LogP contribution in [0.25, 0.3) is 0 Å². The van der Waals surface area contributed by atoms with Crippen LogP contribution in [0, 0.1) is 27.7 Å². The number of aromatic amines is 1. The average Bonchev–Trinajstić information content (AvgIpc) is 2.89. The highest BCUT2D eigenvalue weighted by molar-refractivity contribution is 5.76. The predicted molar refractivity (Wildman–Crippen MR) is 116 cm³/mol. The number of ether oxygens (including phenoxy) is 1. The molecule has 1 fully saturated rings. The molecular weight excluding hydrogens is 362 g/mol. The lowest BCUT2D eigenvalue weighted by Crippen LogP contribution is -2.35. The molecule has 0 unspecified atom stereocenters. The van der Waals surface area contributed by atoms with Gasteiger partial charge in [0, 0.05) is 24.2 Å². The number of nitrogens with one attached hydrogen (secondary N) is 1. The number of likely N-dealkylation sites (tertiary alicyclic amines) is 1. The number of carbonyl (C=O) groups is 1. The summed E-state index contributed by atoms with van der Waals surface area (Å²) in [7, 11) is 0. The molecule has 2 aromatic rings. The van der Waals surface area contributed by atoms with Crippen molar-refractivity contribution in [1.29, 1.82) is 0 Å². The van der Waals surface area contributed by atoms with Gasteiger partial charge < -0.3 is 9.64 Å². The van der Waals surface area contributed by atoms with Crippen molar-refractivity contribution in [2.24, 2.45) is 0 Å². The van der Waals surface area contributed by atoms with E-state index < -0.39 is 0 Å². The summed E-state index contributed by atoms with van der Waals surface area (Å²) in [6, 6.07) is 6.43. The Kier molecular flexibility index (Phi) is 7.34. The van der Waals surface area contributed by atoms with Crippen molar-refractivity contribution < 1.29 is 9.53 Å². The molecule has 5 nitrogen and oxygen atoms in total. The molecule has 5 heteroatoms.